The Labute approximate surface area is 262 Å². The minimum absolute atomic E-state index is 0. The molecule has 2 atom stereocenters. The van der Waals surface area contributed by atoms with Gasteiger partial charge in [0.05, 0.1) is 24.0 Å². The number of halogens is 2. The van der Waals surface area contributed by atoms with Crippen LogP contribution in [0, 0.1) is 11.3 Å². The van der Waals surface area contributed by atoms with E-state index < -0.39 is 0 Å². The molecule has 2 aromatic carbocycles. The zero-order valence-electron chi connectivity index (χ0n) is 23.9. The molecule has 4 aromatic rings. The number of piperazine rings is 1. The van der Waals surface area contributed by atoms with Gasteiger partial charge in [-0.15, -0.1) is 12.4 Å². The molecule has 0 saturated carbocycles. The van der Waals surface area contributed by atoms with Gasteiger partial charge in [0.15, 0.2) is 5.82 Å². The zero-order valence-corrected chi connectivity index (χ0v) is 25.5. The molecule has 2 aliphatic heterocycles. The molecule has 0 unspecified atom stereocenters. The Morgan fingerprint density at radius 2 is 2.00 bits per heavy atom. The molecular formula is C32H33Cl2N7O2. The first kappa shape index (κ1) is 30.5. The van der Waals surface area contributed by atoms with Crippen LogP contribution in [0.15, 0.2) is 61.3 Å². The molecule has 0 N–H and O–H groups in total. The molecule has 1 amide bonds. The summed E-state index contributed by atoms with van der Waals surface area (Å²) in [7, 11) is 2.11. The molecule has 222 valence electrons. The maximum absolute atomic E-state index is 12.5. The number of likely N-dealkylation sites (N-methyl/N-ethyl adjacent to an activating group) is 1. The number of nitriles is 1. The summed E-state index contributed by atoms with van der Waals surface area (Å²) in [6, 6.07) is 16.5. The van der Waals surface area contributed by atoms with E-state index in [1.54, 1.807) is 4.90 Å². The molecule has 2 saturated heterocycles. The van der Waals surface area contributed by atoms with E-state index in [1.807, 2.05) is 48.7 Å². The number of aromatic nitrogens is 3. The molecule has 6 rings (SSSR count). The van der Waals surface area contributed by atoms with E-state index in [-0.39, 0.29) is 36.8 Å². The highest BCUT2D eigenvalue weighted by molar-refractivity contribution is 6.36. The van der Waals surface area contributed by atoms with Crippen LogP contribution in [0.1, 0.15) is 19.3 Å². The molecule has 43 heavy (non-hydrogen) atoms. The highest BCUT2D eigenvalue weighted by atomic mass is 35.5. The van der Waals surface area contributed by atoms with Crippen molar-refractivity contribution in [2.45, 2.75) is 31.3 Å². The number of benzene rings is 2. The number of likely N-dealkylation sites (tertiary alicyclic amines) is 1. The van der Waals surface area contributed by atoms with E-state index in [0.717, 1.165) is 41.3 Å². The van der Waals surface area contributed by atoms with Crippen molar-refractivity contribution in [3.05, 3.63) is 66.3 Å². The lowest BCUT2D eigenvalue weighted by Crippen LogP contribution is -2.55. The summed E-state index contributed by atoms with van der Waals surface area (Å²) in [6.07, 6.45) is 5.54. The largest absolute Gasteiger partial charge is 0.462 e. The fourth-order valence-electron chi connectivity index (χ4n) is 6.05. The maximum Gasteiger partial charge on any atom is 0.319 e. The molecule has 2 fully saturated rings. The number of fused-ring (bicyclic) bond motifs is 2. The minimum Gasteiger partial charge on any atom is -0.462 e. The van der Waals surface area contributed by atoms with Crippen molar-refractivity contribution < 1.29 is 9.53 Å². The van der Waals surface area contributed by atoms with E-state index in [1.165, 1.54) is 6.08 Å². The molecule has 9 nitrogen and oxygen atoms in total. The first-order valence-electron chi connectivity index (χ1n) is 14.2. The second-order valence-electron chi connectivity index (χ2n) is 10.9. The summed E-state index contributed by atoms with van der Waals surface area (Å²) in [5.74, 6) is 0.453. The molecule has 0 radical (unpaired) electrons. The second kappa shape index (κ2) is 13.1. The summed E-state index contributed by atoms with van der Waals surface area (Å²) >= 11 is 6.65. The van der Waals surface area contributed by atoms with Gasteiger partial charge in [0, 0.05) is 47.8 Å². The molecule has 2 aromatic heterocycles. The van der Waals surface area contributed by atoms with Crippen LogP contribution in [0.2, 0.25) is 5.02 Å². The van der Waals surface area contributed by atoms with E-state index in [2.05, 4.69) is 29.5 Å². The van der Waals surface area contributed by atoms with Crippen molar-refractivity contribution in [1.82, 2.24) is 24.8 Å². The fourth-order valence-corrected chi connectivity index (χ4v) is 6.33. The number of hydrogen-bond acceptors (Lipinski definition) is 8. The molecular weight excluding hydrogens is 585 g/mol. The number of hydrogen-bond donors (Lipinski definition) is 0. The Balaban J connectivity index is 0.00000368. The Morgan fingerprint density at radius 1 is 1.19 bits per heavy atom. The van der Waals surface area contributed by atoms with Gasteiger partial charge < -0.3 is 19.4 Å². The molecule has 4 heterocycles. The minimum atomic E-state index is -0.298. The van der Waals surface area contributed by atoms with Gasteiger partial charge in [0.1, 0.15) is 12.1 Å². The predicted octanol–water partition coefficient (Wildman–Crippen LogP) is 5.51. The molecule has 2 aliphatic rings. The lowest BCUT2D eigenvalue weighted by molar-refractivity contribution is -0.128. The summed E-state index contributed by atoms with van der Waals surface area (Å²) in [6.45, 7) is 6.58. The van der Waals surface area contributed by atoms with E-state index in [9.17, 15) is 10.1 Å². The Morgan fingerprint density at radius 3 is 2.74 bits per heavy atom. The van der Waals surface area contributed by atoms with Crippen molar-refractivity contribution in [3.8, 4) is 23.2 Å². The number of nitrogens with zero attached hydrogens (tertiary/aromatic N) is 7. The Hall–Kier alpha value is -3.97. The van der Waals surface area contributed by atoms with Crippen LogP contribution in [-0.4, -0.2) is 82.6 Å². The number of pyridine rings is 1. The monoisotopic (exact) mass is 617 g/mol. The third-order valence-electron chi connectivity index (χ3n) is 8.31. The van der Waals surface area contributed by atoms with Gasteiger partial charge in [-0.05, 0) is 55.6 Å². The highest BCUT2D eigenvalue weighted by Gasteiger charge is 2.31. The molecule has 0 aliphatic carbocycles. The number of rotatable bonds is 7. The van der Waals surface area contributed by atoms with Crippen molar-refractivity contribution in [2.75, 3.05) is 44.7 Å². The van der Waals surface area contributed by atoms with Crippen molar-refractivity contribution >= 4 is 57.5 Å². The van der Waals surface area contributed by atoms with Crippen molar-refractivity contribution in [1.29, 1.82) is 5.26 Å². The van der Waals surface area contributed by atoms with Crippen LogP contribution in [-0.2, 0) is 4.79 Å². The first-order chi connectivity index (χ1) is 20.5. The lowest BCUT2D eigenvalue weighted by atomic mass is 9.99. The Bertz CT molecular complexity index is 1700. The summed E-state index contributed by atoms with van der Waals surface area (Å²) in [5.41, 5.74) is 3.14. The molecule has 11 heteroatoms. The van der Waals surface area contributed by atoms with Crippen LogP contribution in [0.3, 0.4) is 0 Å². The maximum atomic E-state index is 12.5. The van der Waals surface area contributed by atoms with Crippen molar-refractivity contribution in [2.24, 2.45) is 0 Å². The summed E-state index contributed by atoms with van der Waals surface area (Å²) in [4.78, 5) is 33.1. The van der Waals surface area contributed by atoms with Gasteiger partial charge in [0.2, 0.25) is 5.91 Å². The SMILES string of the molecule is C=CC(=O)N1CCN(c2nc(OC[C@@H]3CCCN3C)nc3cc(-c4cccc5cccc(Cl)c45)cnc23)C[C@@H]1CC#N.Cl. The smallest absolute Gasteiger partial charge is 0.319 e. The van der Waals surface area contributed by atoms with E-state index >= 15 is 0 Å². The second-order valence-corrected chi connectivity index (χ2v) is 11.3. The van der Waals surface area contributed by atoms with Crippen LogP contribution < -0.4 is 9.64 Å². The molecule has 0 bridgehead atoms. The average molecular weight is 619 g/mol. The van der Waals surface area contributed by atoms with Crippen LogP contribution in [0.25, 0.3) is 32.9 Å². The van der Waals surface area contributed by atoms with Gasteiger partial charge in [-0.3, -0.25) is 9.78 Å². The van der Waals surface area contributed by atoms with E-state index in [4.69, 9.17) is 31.3 Å². The van der Waals surface area contributed by atoms with Gasteiger partial charge in [-0.1, -0.05) is 48.5 Å². The highest BCUT2D eigenvalue weighted by Crippen LogP contribution is 2.36. The predicted molar refractivity (Wildman–Crippen MR) is 172 cm³/mol. The average Bonchev–Trinajstić information content (AvgIpc) is 3.43. The fraction of sp³-hybridized carbons (Fsp3) is 0.344. The van der Waals surface area contributed by atoms with Crippen LogP contribution >= 0.6 is 24.0 Å². The first-order valence-corrected chi connectivity index (χ1v) is 14.6. The van der Waals surface area contributed by atoms with Gasteiger partial charge in [-0.2, -0.15) is 15.2 Å². The van der Waals surface area contributed by atoms with Crippen molar-refractivity contribution in [3.63, 3.8) is 0 Å². The normalized spacial score (nSPS) is 18.8. The van der Waals surface area contributed by atoms with E-state index in [0.29, 0.717) is 54.2 Å². The third-order valence-corrected chi connectivity index (χ3v) is 8.62. The standard InChI is InChI=1S/C32H32ClN7O2.ClH/c1-3-28(41)40-16-15-39(19-23(40)12-13-34)31-30-27(36-32(37-31)42-20-24-9-6-14-38(24)2)17-22(18-35-30)25-10-4-7-21-8-5-11-26(33)29(21)25;/h3-5,7-8,10-11,17-18,23-24H,1,6,9,12,14-16,19-20H2,2H3;1H/t23-,24-;/m0./s1. The van der Waals surface area contributed by atoms with Gasteiger partial charge >= 0.3 is 6.01 Å². The quantitative estimate of drug-likeness (QED) is 0.250. The van der Waals surface area contributed by atoms with Crippen LogP contribution in [0.5, 0.6) is 6.01 Å². The third kappa shape index (κ3) is 6.09. The van der Waals surface area contributed by atoms with Gasteiger partial charge in [-0.25, -0.2) is 0 Å². The summed E-state index contributed by atoms with van der Waals surface area (Å²) < 4.78 is 6.22. The zero-order chi connectivity index (χ0) is 29.2. The lowest BCUT2D eigenvalue weighted by Gasteiger charge is -2.40. The number of carbonyl (C=O) groups is 1. The Kier molecular flexibility index (Phi) is 9.31. The molecule has 0 spiro atoms. The number of carbonyl (C=O) groups excluding carboxylic acids is 1. The number of anilines is 1. The van der Waals surface area contributed by atoms with Crippen LogP contribution in [0.4, 0.5) is 5.82 Å². The number of ether oxygens (including phenoxy) is 1. The number of amides is 1. The topological polar surface area (TPSA) is 98.5 Å². The summed E-state index contributed by atoms with van der Waals surface area (Å²) in [5, 5.41) is 12.2. The van der Waals surface area contributed by atoms with Gasteiger partial charge in [0.25, 0.3) is 0 Å².